The van der Waals surface area contributed by atoms with Crippen LogP contribution in [0.2, 0.25) is 10.0 Å². The van der Waals surface area contributed by atoms with E-state index in [9.17, 15) is 13.2 Å². The lowest BCUT2D eigenvalue weighted by molar-refractivity contribution is 0.0696. The smallest absolute Gasteiger partial charge is 0.335 e. The third-order valence-corrected chi connectivity index (χ3v) is 5.98. The quantitative estimate of drug-likeness (QED) is 0.815. The van der Waals surface area contributed by atoms with Gasteiger partial charge in [0.05, 0.1) is 10.5 Å². The molecule has 2 aromatic carbocycles. The van der Waals surface area contributed by atoms with E-state index in [-0.39, 0.29) is 23.5 Å². The molecule has 0 heterocycles. The Balaban J connectivity index is 2.32. The SMILES string of the molecule is CCN(Cc1ccc(Cl)cc1Cl)S(=O)(=O)c1ccc(C(=O)O)cc1. The Morgan fingerprint density at radius 3 is 2.25 bits per heavy atom. The molecule has 0 saturated carbocycles. The van der Waals surface area contributed by atoms with Crippen LogP contribution in [0.15, 0.2) is 47.4 Å². The molecule has 1 N–H and O–H groups in total. The Morgan fingerprint density at radius 2 is 1.75 bits per heavy atom. The zero-order valence-electron chi connectivity index (χ0n) is 12.7. The van der Waals surface area contributed by atoms with Crippen LogP contribution in [0.1, 0.15) is 22.8 Å². The summed E-state index contributed by atoms with van der Waals surface area (Å²) in [4.78, 5) is 10.9. The maximum atomic E-state index is 12.7. The van der Waals surface area contributed by atoms with Gasteiger partial charge in [-0.05, 0) is 42.0 Å². The van der Waals surface area contributed by atoms with Gasteiger partial charge >= 0.3 is 5.97 Å². The molecule has 5 nitrogen and oxygen atoms in total. The van der Waals surface area contributed by atoms with E-state index < -0.39 is 16.0 Å². The molecule has 0 saturated heterocycles. The van der Waals surface area contributed by atoms with Gasteiger partial charge in [0.1, 0.15) is 0 Å². The highest BCUT2D eigenvalue weighted by Crippen LogP contribution is 2.25. The van der Waals surface area contributed by atoms with E-state index in [1.54, 1.807) is 25.1 Å². The highest BCUT2D eigenvalue weighted by molar-refractivity contribution is 7.89. The van der Waals surface area contributed by atoms with Crippen molar-refractivity contribution in [3.8, 4) is 0 Å². The molecule has 0 unspecified atom stereocenters. The lowest BCUT2D eigenvalue weighted by atomic mass is 10.2. The molecule has 24 heavy (non-hydrogen) atoms. The molecule has 0 fully saturated rings. The molecule has 0 aliphatic rings. The summed E-state index contributed by atoms with van der Waals surface area (Å²) >= 11 is 12.0. The monoisotopic (exact) mass is 387 g/mol. The first-order valence-electron chi connectivity index (χ1n) is 7.03. The molecule has 0 aromatic heterocycles. The van der Waals surface area contributed by atoms with Crippen molar-refractivity contribution >= 4 is 39.2 Å². The number of carboxylic acid groups (broad SMARTS) is 1. The number of nitrogens with zero attached hydrogens (tertiary/aromatic N) is 1. The fourth-order valence-electron chi connectivity index (χ4n) is 2.13. The minimum absolute atomic E-state index is 0.0257. The zero-order chi connectivity index (χ0) is 17.9. The molecule has 0 bridgehead atoms. The standard InChI is InChI=1S/C16H15Cl2NO4S/c1-2-19(10-12-3-6-13(17)9-15(12)18)24(22,23)14-7-4-11(5-8-14)16(20)21/h3-9H,2,10H2,1H3,(H,20,21). The molecule has 0 aliphatic carbocycles. The van der Waals surface area contributed by atoms with Crippen LogP contribution in [0.25, 0.3) is 0 Å². The predicted molar refractivity (Wildman–Crippen MR) is 93.1 cm³/mol. The second kappa shape index (κ2) is 7.53. The van der Waals surface area contributed by atoms with Crippen molar-refractivity contribution < 1.29 is 18.3 Å². The minimum atomic E-state index is -3.77. The number of carboxylic acids is 1. The predicted octanol–water partition coefficient (Wildman–Crippen LogP) is 3.90. The molecular formula is C16H15Cl2NO4S. The Hall–Kier alpha value is -1.60. The molecule has 0 atom stereocenters. The van der Waals surface area contributed by atoms with Crippen LogP contribution >= 0.6 is 23.2 Å². The van der Waals surface area contributed by atoms with Crippen molar-refractivity contribution in [3.05, 3.63) is 63.6 Å². The number of rotatable bonds is 6. The van der Waals surface area contributed by atoms with Crippen LogP contribution in [-0.2, 0) is 16.6 Å². The number of carbonyl (C=O) groups is 1. The molecular weight excluding hydrogens is 373 g/mol. The van der Waals surface area contributed by atoms with Gasteiger partial charge in [-0.25, -0.2) is 13.2 Å². The van der Waals surface area contributed by atoms with Gasteiger partial charge in [0.2, 0.25) is 10.0 Å². The van der Waals surface area contributed by atoms with Crippen molar-refractivity contribution in [1.29, 1.82) is 0 Å². The van der Waals surface area contributed by atoms with E-state index in [4.69, 9.17) is 28.3 Å². The van der Waals surface area contributed by atoms with Crippen molar-refractivity contribution in [2.45, 2.75) is 18.4 Å². The third kappa shape index (κ3) is 4.08. The van der Waals surface area contributed by atoms with E-state index in [1.807, 2.05) is 0 Å². The van der Waals surface area contributed by atoms with Gasteiger partial charge in [0, 0.05) is 23.1 Å². The highest BCUT2D eigenvalue weighted by Gasteiger charge is 2.24. The average Bonchev–Trinajstić information content (AvgIpc) is 2.54. The molecule has 2 rings (SSSR count). The van der Waals surface area contributed by atoms with Crippen LogP contribution in [-0.4, -0.2) is 30.3 Å². The summed E-state index contributed by atoms with van der Waals surface area (Å²) in [6.07, 6.45) is 0. The van der Waals surface area contributed by atoms with Crippen LogP contribution in [0, 0.1) is 0 Å². The van der Waals surface area contributed by atoms with Gasteiger partial charge in [-0.15, -0.1) is 0 Å². The van der Waals surface area contributed by atoms with Gasteiger partial charge in [-0.2, -0.15) is 4.31 Å². The van der Waals surface area contributed by atoms with E-state index in [2.05, 4.69) is 0 Å². The van der Waals surface area contributed by atoms with Gasteiger partial charge in [-0.3, -0.25) is 0 Å². The van der Waals surface area contributed by atoms with Crippen molar-refractivity contribution in [2.75, 3.05) is 6.54 Å². The number of benzene rings is 2. The van der Waals surface area contributed by atoms with Crippen LogP contribution in [0.5, 0.6) is 0 Å². The molecule has 128 valence electrons. The first-order valence-corrected chi connectivity index (χ1v) is 9.22. The number of sulfonamides is 1. The van der Waals surface area contributed by atoms with Crippen LogP contribution in [0.4, 0.5) is 0 Å². The zero-order valence-corrected chi connectivity index (χ0v) is 15.1. The molecule has 0 aliphatic heterocycles. The second-order valence-electron chi connectivity index (χ2n) is 5.00. The Bertz CT molecular complexity index is 851. The first kappa shape index (κ1) is 18.7. The van der Waals surface area contributed by atoms with E-state index >= 15 is 0 Å². The normalized spacial score (nSPS) is 11.7. The fourth-order valence-corrected chi connectivity index (χ4v) is 4.02. The van der Waals surface area contributed by atoms with E-state index in [1.165, 1.54) is 28.6 Å². The summed E-state index contributed by atoms with van der Waals surface area (Å²) in [5.41, 5.74) is 0.659. The van der Waals surface area contributed by atoms with Crippen molar-refractivity contribution in [3.63, 3.8) is 0 Å². The fraction of sp³-hybridized carbons (Fsp3) is 0.188. The molecule has 2 aromatic rings. The number of hydrogen-bond donors (Lipinski definition) is 1. The summed E-state index contributed by atoms with van der Waals surface area (Å²) in [6, 6.07) is 9.97. The Morgan fingerprint density at radius 1 is 1.12 bits per heavy atom. The Labute approximate surface area is 150 Å². The van der Waals surface area contributed by atoms with E-state index in [0.29, 0.717) is 15.6 Å². The lowest BCUT2D eigenvalue weighted by Gasteiger charge is -2.21. The van der Waals surface area contributed by atoms with Gasteiger partial charge in [0.25, 0.3) is 0 Å². The van der Waals surface area contributed by atoms with Gasteiger partial charge < -0.3 is 5.11 Å². The van der Waals surface area contributed by atoms with Crippen molar-refractivity contribution in [1.82, 2.24) is 4.31 Å². The summed E-state index contributed by atoms with van der Waals surface area (Å²) < 4.78 is 26.7. The average molecular weight is 388 g/mol. The van der Waals surface area contributed by atoms with Gasteiger partial charge in [-0.1, -0.05) is 36.2 Å². The minimum Gasteiger partial charge on any atom is -0.478 e. The van der Waals surface area contributed by atoms with Crippen LogP contribution < -0.4 is 0 Å². The summed E-state index contributed by atoms with van der Waals surface area (Å²) in [6.45, 7) is 2.05. The van der Waals surface area contributed by atoms with E-state index in [0.717, 1.165) is 0 Å². The first-order chi connectivity index (χ1) is 11.3. The lowest BCUT2D eigenvalue weighted by Crippen LogP contribution is -2.30. The third-order valence-electron chi connectivity index (χ3n) is 3.45. The number of aromatic carboxylic acids is 1. The highest BCUT2D eigenvalue weighted by atomic mass is 35.5. The topological polar surface area (TPSA) is 74.7 Å². The summed E-state index contributed by atoms with van der Waals surface area (Å²) in [5, 5.41) is 9.75. The molecule has 8 heteroatoms. The molecule has 0 radical (unpaired) electrons. The van der Waals surface area contributed by atoms with Crippen LogP contribution in [0.3, 0.4) is 0 Å². The summed E-state index contributed by atoms with van der Waals surface area (Å²) in [7, 11) is -3.77. The van der Waals surface area contributed by atoms with Crippen molar-refractivity contribution in [2.24, 2.45) is 0 Å². The number of hydrogen-bond acceptors (Lipinski definition) is 3. The maximum absolute atomic E-state index is 12.7. The maximum Gasteiger partial charge on any atom is 0.335 e. The summed E-state index contributed by atoms with van der Waals surface area (Å²) in [5.74, 6) is -1.11. The number of halogens is 2. The Kier molecular flexibility index (Phi) is 5.87. The second-order valence-corrected chi connectivity index (χ2v) is 7.78. The molecule has 0 amide bonds. The van der Waals surface area contributed by atoms with Gasteiger partial charge in [0.15, 0.2) is 0 Å². The molecule has 0 spiro atoms. The largest absolute Gasteiger partial charge is 0.478 e.